The van der Waals surface area contributed by atoms with E-state index in [1.807, 2.05) is 18.4 Å². The van der Waals surface area contributed by atoms with Crippen LogP contribution >= 0.6 is 11.8 Å². The van der Waals surface area contributed by atoms with E-state index in [9.17, 15) is 14.7 Å². The van der Waals surface area contributed by atoms with Crippen molar-refractivity contribution in [2.45, 2.75) is 32.2 Å². The molecule has 2 rings (SSSR count). The lowest BCUT2D eigenvalue weighted by Gasteiger charge is -2.16. The van der Waals surface area contributed by atoms with E-state index in [0.29, 0.717) is 11.8 Å². The lowest BCUT2D eigenvalue weighted by atomic mass is 9.99. The Morgan fingerprint density at radius 3 is 2.75 bits per heavy atom. The quantitative estimate of drug-likeness (QED) is 0.718. The number of aliphatic hydroxyl groups is 1. The van der Waals surface area contributed by atoms with Gasteiger partial charge >= 0.3 is 0 Å². The maximum Gasteiger partial charge on any atom is 0.257 e. The fourth-order valence-electron chi connectivity index (χ4n) is 2.66. The Kier molecular flexibility index (Phi) is 6.45. The van der Waals surface area contributed by atoms with Gasteiger partial charge in [-0.2, -0.15) is 11.8 Å². The first-order chi connectivity index (χ1) is 11.5. The number of carbonyl (C=O) groups is 1. The average molecular weight is 348 g/mol. The molecule has 3 N–H and O–H groups in total. The Bertz CT molecular complexity index is 770. The predicted molar refractivity (Wildman–Crippen MR) is 100.0 cm³/mol. The largest absolute Gasteiger partial charge is 0.394 e. The SMILES string of the molecule is CSCC[C@@H](CO)NC(=O)c1c[nH]c2c(C(C)C)cccc2c1=O. The molecule has 1 heterocycles. The molecule has 0 radical (unpaired) electrons. The van der Waals surface area contributed by atoms with E-state index in [0.717, 1.165) is 16.8 Å². The Balaban J connectivity index is 2.35. The molecule has 0 fully saturated rings. The second-order valence-electron chi connectivity index (χ2n) is 6.09. The minimum Gasteiger partial charge on any atom is -0.394 e. The van der Waals surface area contributed by atoms with E-state index in [1.165, 1.54) is 6.20 Å². The maximum atomic E-state index is 12.7. The summed E-state index contributed by atoms with van der Waals surface area (Å²) in [5, 5.41) is 12.6. The number of benzene rings is 1. The molecule has 0 spiro atoms. The standard InChI is InChI=1S/C18H24N2O3S/c1-11(2)13-5-4-6-14-16(13)19-9-15(17(14)22)18(23)20-12(10-21)7-8-24-3/h4-6,9,11-12,21H,7-8,10H2,1-3H3,(H,19,22)(H,20,23)/t12-/m0/s1. The summed E-state index contributed by atoms with van der Waals surface area (Å²) in [5.41, 5.74) is 1.61. The molecule has 2 aromatic rings. The van der Waals surface area contributed by atoms with Crippen molar-refractivity contribution >= 4 is 28.6 Å². The molecular formula is C18H24N2O3S. The van der Waals surface area contributed by atoms with Gasteiger partial charge in [0.2, 0.25) is 5.43 Å². The number of hydrogen-bond donors (Lipinski definition) is 3. The number of H-pyrrole nitrogens is 1. The van der Waals surface area contributed by atoms with Crippen LogP contribution < -0.4 is 10.7 Å². The van der Waals surface area contributed by atoms with Crippen LogP contribution in [0.15, 0.2) is 29.2 Å². The third-order valence-electron chi connectivity index (χ3n) is 4.04. The number of hydrogen-bond acceptors (Lipinski definition) is 4. The Labute approximate surface area is 145 Å². The zero-order valence-electron chi connectivity index (χ0n) is 14.3. The molecule has 0 aliphatic rings. The number of thioether (sulfide) groups is 1. The van der Waals surface area contributed by atoms with Gasteiger partial charge in [0.15, 0.2) is 0 Å². The van der Waals surface area contributed by atoms with Crippen molar-refractivity contribution < 1.29 is 9.90 Å². The molecule has 0 saturated carbocycles. The molecule has 24 heavy (non-hydrogen) atoms. The van der Waals surface area contributed by atoms with Gasteiger partial charge in [-0.25, -0.2) is 0 Å². The van der Waals surface area contributed by atoms with Crippen molar-refractivity contribution in [2.24, 2.45) is 0 Å². The first-order valence-electron chi connectivity index (χ1n) is 8.04. The molecule has 0 saturated heterocycles. The normalized spacial score (nSPS) is 12.5. The number of amides is 1. The highest BCUT2D eigenvalue weighted by molar-refractivity contribution is 7.98. The summed E-state index contributed by atoms with van der Waals surface area (Å²) >= 11 is 1.65. The lowest BCUT2D eigenvalue weighted by Crippen LogP contribution is -2.40. The van der Waals surface area contributed by atoms with Gasteiger partial charge in [0.25, 0.3) is 5.91 Å². The summed E-state index contributed by atoms with van der Waals surface area (Å²) in [6, 6.07) is 5.20. The third kappa shape index (κ3) is 3.99. The molecule has 0 bridgehead atoms. The number of aliphatic hydroxyl groups excluding tert-OH is 1. The second-order valence-corrected chi connectivity index (χ2v) is 7.08. The van der Waals surface area contributed by atoms with Crippen molar-refractivity contribution in [1.29, 1.82) is 0 Å². The molecule has 0 aliphatic heterocycles. The fraction of sp³-hybridized carbons (Fsp3) is 0.444. The van der Waals surface area contributed by atoms with Crippen molar-refractivity contribution in [2.75, 3.05) is 18.6 Å². The number of fused-ring (bicyclic) bond motifs is 1. The summed E-state index contributed by atoms with van der Waals surface area (Å²) < 4.78 is 0. The second kappa shape index (κ2) is 8.35. The first-order valence-corrected chi connectivity index (χ1v) is 9.44. The van der Waals surface area contributed by atoms with Crippen LogP contribution in [0, 0.1) is 0 Å². The third-order valence-corrected chi connectivity index (χ3v) is 4.68. The van der Waals surface area contributed by atoms with E-state index in [2.05, 4.69) is 24.1 Å². The minimum absolute atomic E-state index is 0.0750. The van der Waals surface area contributed by atoms with Gasteiger partial charge in [0, 0.05) is 11.6 Å². The number of pyridine rings is 1. The van der Waals surface area contributed by atoms with Gasteiger partial charge in [-0.05, 0) is 36.0 Å². The van der Waals surface area contributed by atoms with Gasteiger partial charge < -0.3 is 15.4 Å². The minimum atomic E-state index is -0.451. The van der Waals surface area contributed by atoms with E-state index >= 15 is 0 Å². The summed E-state index contributed by atoms with van der Waals surface area (Å²) in [6.45, 7) is 3.98. The van der Waals surface area contributed by atoms with Crippen LogP contribution in [0.4, 0.5) is 0 Å². The summed E-state index contributed by atoms with van der Waals surface area (Å²) in [4.78, 5) is 28.2. The number of aromatic nitrogens is 1. The van der Waals surface area contributed by atoms with E-state index in [-0.39, 0.29) is 29.6 Å². The van der Waals surface area contributed by atoms with Crippen LogP contribution in [0.2, 0.25) is 0 Å². The Morgan fingerprint density at radius 1 is 1.38 bits per heavy atom. The van der Waals surface area contributed by atoms with E-state index < -0.39 is 5.91 Å². The van der Waals surface area contributed by atoms with Crippen LogP contribution in [0.1, 0.15) is 42.1 Å². The highest BCUT2D eigenvalue weighted by atomic mass is 32.2. The monoisotopic (exact) mass is 348 g/mol. The van der Waals surface area contributed by atoms with Gasteiger partial charge in [0.05, 0.1) is 18.2 Å². The predicted octanol–water partition coefficient (Wildman–Crippen LogP) is 2.50. The van der Waals surface area contributed by atoms with E-state index in [1.54, 1.807) is 17.8 Å². The summed E-state index contributed by atoms with van der Waals surface area (Å²) in [7, 11) is 0. The molecule has 1 aromatic carbocycles. The molecule has 1 aromatic heterocycles. The van der Waals surface area contributed by atoms with Crippen LogP contribution in [-0.4, -0.2) is 40.7 Å². The number of para-hydroxylation sites is 1. The highest BCUT2D eigenvalue weighted by Gasteiger charge is 2.18. The van der Waals surface area contributed by atoms with E-state index in [4.69, 9.17) is 0 Å². The molecule has 5 nitrogen and oxygen atoms in total. The van der Waals surface area contributed by atoms with Gasteiger partial charge in [-0.1, -0.05) is 26.0 Å². The molecule has 1 amide bonds. The molecule has 1 atom stereocenters. The van der Waals surface area contributed by atoms with Crippen LogP contribution in [0.3, 0.4) is 0 Å². The fourth-order valence-corrected chi connectivity index (χ4v) is 3.18. The zero-order valence-corrected chi connectivity index (χ0v) is 15.1. The topological polar surface area (TPSA) is 82.2 Å². The smallest absolute Gasteiger partial charge is 0.257 e. The molecule has 6 heteroatoms. The van der Waals surface area contributed by atoms with Gasteiger partial charge in [0.1, 0.15) is 5.56 Å². The molecule has 130 valence electrons. The van der Waals surface area contributed by atoms with Crippen molar-refractivity contribution in [1.82, 2.24) is 10.3 Å². The number of nitrogens with one attached hydrogen (secondary N) is 2. The first kappa shape index (κ1) is 18.5. The Morgan fingerprint density at radius 2 is 2.12 bits per heavy atom. The highest BCUT2D eigenvalue weighted by Crippen LogP contribution is 2.21. The molecular weight excluding hydrogens is 324 g/mol. The number of rotatable bonds is 7. The lowest BCUT2D eigenvalue weighted by molar-refractivity contribution is 0.0914. The van der Waals surface area contributed by atoms with Crippen LogP contribution in [-0.2, 0) is 0 Å². The summed E-state index contributed by atoms with van der Waals surface area (Å²) in [5.74, 6) is 0.653. The van der Waals surface area contributed by atoms with Crippen molar-refractivity contribution in [3.63, 3.8) is 0 Å². The zero-order chi connectivity index (χ0) is 17.7. The van der Waals surface area contributed by atoms with Gasteiger partial charge in [-0.15, -0.1) is 0 Å². The number of aromatic amines is 1. The van der Waals surface area contributed by atoms with Crippen LogP contribution in [0.25, 0.3) is 10.9 Å². The average Bonchev–Trinajstić information content (AvgIpc) is 2.58. The van der Waals surface area contributed by atoms with Crippen molar-refractivity contribution in [3.8, 4) is 0 Å². The molecule has 0 aliphatic carbocycles. The van der Waals surface area contributed by atoms with Crippen LogP contribution in [0.5, 0.6) is 0 Å². The number of carbonyl (C=O) groups excluding carboxylic acids is 1. The summed E-state index contributed by atoms with van der Waals surface area (Å²) in [6.07, 6.45) is 4.10. The van der Waals surface area contributed by atoms with Crippen molar-refractivity contribution in [3.05, 3.63) is 45.7 Å². The van der Waals surface area contributed by atoms with Gasteiger partial charge in [-0.3, -0.25) is 9.59 Å². The Hall–Kier alpha value is -1.79. The molecule has 0 unspecified atom stereocenters. The maximum absolute atomic E-state index is 12.7.